The minimum Gasteiger partial charge on any atom is -0.489 e. The van der Waals surface area contributed by atoms with Crippen molar-refractivity contribution in [3.8, 4) is 5.75 Å². The number of anilines is 1. The van der Waals surface area contributed by atoms with Crippen molar-refractivity contribution in [1.29, 1.82) is 0 Å². The molecule has 0 aliphatic carbocycles. The minimum atomic E-state index is -0.788. The van der Waals surface area contributed by atoms with Gasteiger partial charge in [-0.1, -0.05) is 0 Å². The number of carbonyl (C=O) groups is 1. The van der Waals surface area contributed by atoms with Crippen LogP contribution in [0.1, 0.15) is 6.42 Å². The zero-order chi connectivity index (χ0) is 16.9. The molecule has 2 heterocycles. The third-order valence-electron chi connectivity index (χ3n) is 3.75. The summed E-state index contributed by atoms with van der Waals surface area (Å²) in [7, 11) is 0. The number of carbonyl (C=O) groups excluding carboxylic acids is 1. The van der Waals surface area contributed by atoms with Crippen LogP contribution in [0.2, 0.25) is 0 Å². The number of rotatable bonds is 5. The lowest BCUT2D eigenvalue weighted by atomic mass is 10.3. The highest BCUT2D eigenvalue weighted by atomic mass is 19.1. The van der Waals surface area contributed by atoms with Gasteiger partial charge in [0.05, 0.1) is 12.2 Å². The third-order valence-corrected chi connectivity index (χ3v) is 3.75. The molecule has 1 saturated heterocycles. The van der Waals surface area contributed by atoms with E-state index in [0.29, 0.717) is 6.54 Å². The van der Waals surface area contributed by atoms with Crippen LogP contribution >= 0.6 is 0 Å². The molecule has 1 amide bonds. The largest absolute Gasteiger partial charge is 0.489 e. The maximum absolute atomic E-state index is 13.5. The van der Waals surface area contributed by atoms with E-state index in [2.05, 4.69) is 10.3 Å². The van der Waals surface area contributed by atoms with Crippen LogP contribution in [0.5, 0.6) is 5.75 Å². The molecule has 0 unspecified atom stereocenters. The first-order valence-corrected chi connectivity index (χ1v) is 7.64. The highest BCUT2D eigenvalue weighted by Crippen LogP contribution is 2.18. The Balaban J connectivity index is 1.49. The molecule has 24 heavy (non-hydrogen) atoms. The Morgan fingerprint density at radius 2 is 2.08 bits per heavy atom. The van der Waals surface area contributed by atoms with Gasteiger partial charge in [-0.2, -0.15) is 0 Å². The monoisotopic (exact) mass is 333 g/mol. The van der Waals surface area contributed by atoms with Crippen molar-refractivity contribution in [2.75, 3.05) is 25.0 Å². The Morgan fingerprint density at radius 3 is 2.83 bits per heavy atom. The van der Waals surface area contributed by atoms with Crippen LogP contribution < -0.4 is 10.1 Å². The number of hydrogen-bond acceptors (Lipinski definition) is 4. The smallest absolute Gasteiger partial charge is 0.238 e. The molecule has 1 fully saturated rings. The molecule has 5 nitrogen and oxygen atoms in total. The molecule has 1 N–H and O–H groups in total. The molecule has 0 saturated carbocycles. The molecule has 7 heteroatoms. The summed E-state index contributed by atoms with van der Waals surface area (Å²) in [5.41, 5.74) is -0.0230. The molecule has 126 valence electrons. The fraction of sp³-hybridized carbons (Fsp3) is 0.294. The number of benzene rings is 1. The van der Waals surface area contributed by atoms with Crippen molar-refractivity contribution >= 4 is 11.6 Å². The van der Waals surface area contributed by atoms with Crippen molar-refractivity contribution in [3.63, 3.8) is 0 Å². The number of aromatic nitrogens is 1. The number of pyridine rings is 1. The summed E-state index contributed by atoms with van der Waals surface area (Å²) in [4.78, 5) is 17.9. The number of nitrogens with zero attached hydrogens (tertiary/aromatic N) is 2. The summed E-state index contributed by atoms with van der Waals surface area (Å²) in [6.45, 7) is 1.46. The van der Waals surface area contributed by atoms with Crippen molar-refractivity contribution in [2.24, 2.45) is 0 Å². The third kappa shape index (κ3) is 4.26. The number of ether oxygens (including phenoxy) is 1. The van der Waals surface area contributed by atoms with Crippen molar-refractivity contribution in [3.05, 3.63) is 54.4 Å². The SMILES string of the molecule is O=C(CN1CC[C@H](Oc2ccncc2)C1)Nc1ccc(F)cc1F. The van der Waals surface area contributed by atoms with Crippen molar-refractivity contribution in [2.45, 2.75) is 12.5 Å². The highest BCUT2D eigenvalue weighted by molar-refractivity contribution is 5.92. The molecular formula is C17H17F2N3O2. The summed E-state index contributed by atoms with van der Waals surface area (Å²) in [5.74, 6) is -1.07. The van der Waals surface area contributed by atoms with E-state index in [1.54, 1.807) is 24.5 Å². The topological polar surface area (TPSA) is 54.5 Å². The van der Waals surface area contributed by atoms with E-state index in [1.807, 2.05) is 4.90 Å². The van der Waals surface area contributed by atoms with E-state index in [4.69, 9.17) is 4.74 Å². The van der Waals surface area contributed by atoms with Crippen LogP contribution in [0.15, 0.2) is 42.7 Å². The number of nitrogens with one attached hydrogen (secondary N) is 1. The maximum atomic E-state index is 13.5. The summed E-state index contributed by atoms with van der Waals surface area (Å²) >= 11 is 0. The van der Waals surface area contributed by atoms with Crippen LogP contribution in [0.3, 0.4) is 0 Å². The van der Waals surface area contributed by atoms with Crippen molar-refractivity contribution in [1.82, 2.24) is 9.88 Å². The Labute approximate surface area is 138 Å². The van der Waals surface area contributed by atoms with Gasteiger partial charge in [0.1, 0.15) is 23.5 Å². The predicted octanol–water partition coefficient (Wildman–Crippen LogP) is 2.45. The van der Waals surface area contributed by atoms with Gasteiger partial charge < -0.3 is 10.1 Å². The first-order valence-electron chi connectivity index (χ1n) is 7.64. The molecule has 1 aromatic heterocycles. The van der Waals surface area contributed by atoms with Crippen molar-refractivity contribution < 1.29 is 18.3 Å². The fourth-order valence-corrected chi connectivity index (χ4v) is 2.63. The molecule has 0 bridgehead atoms. The molecule has 1 atom stereocenters. The number of amides is 1. The number of halogens is 2. The van der Waals surface area contributed by atoms with Crippen LogP contribution in [-0.2, 0) is 4.79 Å². The second-order valence-corrected chi connectivity index (χ2v) is 5.62. The lowest BCUT2D eigenvalue weighted by molar-refractivity contribution is -0.117. The van der Waals surface area contributed by atoms with E-state index in [0.717, 1.165) is 30.8 Å². The zero-order valence-corrected chi connectivity index (χ0v) is 12.9. The quantitative estimate of drug-likeness (QED) is 0.913. The van der Waals surface area contributed by atoms with E-state index < -0.39 is 11.6 Å². The Kier molecular flexibility index (Phi) is 5.00. The molecule has 1 aromatic carbocycles. The van der Waals surface area contributed by atoms with Crippen LogP contribution in [0.25, 0.3) is 0 Å². The van der Waals surface area contributed by atoms with Gasteiger partial charge >= 0.3 is 0 Å². The lowest BCUT2D eigenvalue weighted by Crippen LogP contribution is -2.33. The van der Waals surface area contributed by atoms with Gasteiger partial charge in [0.25, 0.3) is 0 Å². The van der Waals surface area contributed by atoms with E-state index in [9.17, 15) is 13.6 Å². The average molecular weight is 333 g/mol. The number of likely N-dealkylation sites (tertiary alicyclic amines) is 1. The molecular weight excluding hydrogens is 316 g/mol. The van der Waals surface area contributed by atoms with Gasteiger partial charge in [-0.15, -0.1) is 0 Å². The first kappa shape index (κ1) is 16.3. The molecule has 0 radical (unpaired) electrons. The Hall–Kier alpha value is -2.54. The van der Waals surface area contributed by atoms with Crippen LogP contribution in [0.4, 0.5) is 14.5 Å². The molecule has 0 spiro atoms. The second kappa shape index (κ2) is 7.35. The lowest BCUT2D eigenvalue weighted by Gasteiger charge is -2.16. The molecule has 3 rings (SSSR count). The van der Waals surface area contributed by atoms with Gasteiger partial charge in [-0.3, -0.25) is 14.7 Å². The standard InChI is InChI=1S/C17H17F2N3O2/c18-12-1-2-16(15(19)9-12)21-17(23)11-22-8-5-14(10-22)24-13-3-6-20-7-4-13/h1-4,6-7,9,14H,5,8,10-11H2,(H,21,23)/t14-/m0/s1. The first-order chi connectivity index (χ1) is 11.6. The highest BCUT2D eigenvalue weighted by Gasteiger charge is 2.25. The summed E-state index contributed by atoms with van der Waals surface area (Å²) < 4.78 is 32.2. The van der Waals surface area contributed by atoms with Gasteiger partial charge in [0.15, 0.2) is 0 Å². The zero-order valence-electron chi connectivity index (χ0n) is 12.9. The van der Waals surface area contributed by atoms with E-state index >= 15 is 0 Å². The van der Waals surface area contributed by atoms with Gasteiger partial charge in [0.2, 0.25) is 5.91 Å². The molecule has 1 aliphatic heterocycles. The van der Waals surface area contributed by atoms with Gasteiger partial charge in [-0.05, 0) is 30.7 Å². The fourth-order valence-electron chi connectivity index (χ4n) is 2.63. The summed E-state index contributed by atoms with van der Waals surface area (Å²) in [6.07, 6.45) is 4.13. The molecule has 1 aliphatic rings. The second-order valence-electron chi connectivity index (χ2n) is 5.62. The van der Waals surface area contributed by atoms with Crippen LogP contribution in [0, 0.1) is 11.6 Å². The van der Waals surface area contributed by atoms with Crippen LogP contribution in [-0.4, -0.2) is 41.5 Å². The Morgan fingerprint density at radius 1 is 1.29 bits per heavy atom. The number of hydrogen-bond donors (Lipinski definition) is 1. The maximum Gasteiger partial charge on any atom is 0.238 e. The molecule has 2 aromatic rings. The minimum absolute atomic E-state index is 0.00255. The predicted molar refractivity (Wildman–Crippen MR) is 84.7 cm³/mol. The Bertz CT molecular complexity index is 712. The average Bonchev–Trinajstić information content (AvgIpc) is 2.98. The van der Waals surface area contributed by atoms with E-state index in [1.165, 1.54) is 6.07 Å². The van der Waals surface area contributed by atoms with Gasteiger partial charge in [0, 0.05) is 31.5 Å². The normalized spacial score (nSPS) is 17.7. The van der Waals surface area contributed by atoms with E-state index in [-0.39, 0.29) is 24.2 Å². The summed E-state index contributed by atoms with van der Waals surface area (Å²) in [5, 5.41) is 2.46. The summed E-state index contributed by atoms with van der Waals surface area (Å²) in [6, 6.07) is 6.62. The van der Waals surface area contributed by atoms with Gasteiger partial charge in [-0.25, -0.2) is 8.78 Å².